The van der Waals surface area contributed by atoms with Gasteiger partial charge < -0.3 is 10.8 Å². The van der Waals surface area contributed by atoms with Gasteiger partial charge in [-0.15, -0.1) is 0 Å². The zero-order valence-corrected chi connectivity index (χ0v) is 9.04. The molecule has 0 saturated heterocycles. The van der Waals surface area contributed by atoms with Crippen LogP contribution in [0.15, 0.2) is 30.3 Å². The number of rotatable bonds is 6. The van der Waals surface area contributed by atoms with E-state index in [0.717, 1.165) is 12.2 Å². The number of hydrogen-bond acceptors (Lipinski definition) is 3. The van der Waals surface area contributed by atoms with Crippen molar-refractivity contribution in [2.45, 2.75) is 17.4 Å². The summed E-state index contributed by atoms with van der Waals surface area (Å²) in [7, 11) is 0. The van der Waals surface area contributed by atoms with Crippen LogP contribution in [-0.2, 0) is 5.75 Å². The van der Waals surface area contributed by atoms with E-state index in [1.807, 2.05) is 18.2 Å². The molecule has 0 aliphatic carbocycles. The third kappa shape index (κ3) is 4.13. The molecule has 0 spiro atoms. The monoisotopic (exact) mass is 211 g/mol. The predicted molar refractivity (Wildman–Crippen MR) is 62.3 cm³/mol. The fourth-order valence-corrected chi connectivity index (χ4v) is 2.23. The molecule has 0 unspecified atom stereocenters. The molecule has 0 aliphatic heterocycles. The fraction of sp³-hybridized carbons (Fsp3) is 0.455. The molecule has 0 heterocycles. The Morgan fingerprint density at radius 1 is 1.29 bits per heavy atom. The van der Waals surface area contributed by atoms with E-state index in [0.29, 0.717) is 6.54 Å². The van der Waals surface area contributed by atoms with Crippen molar-refractivity contribution in [2.75, 3.05) is 13.2 Å². The van der Waals surface area contributed by atoms with Crippen LogP contribution in [0.5, 0.6) is 0 Å². The van der Waals surface area contributed by atoms with Crippen molar-refractivity contribution in [1.82, 2.24) is 0 Å². The van der Waals surface area contributed by atoms with Gasteiger partial charge in [-0.2, -0.15) is 11.8 Å². The third-order valence-corrected chi connectivity index (χ3v) is 3.38. The maximum Gasteiger partial charge on any atom is 0.0550 e. The Bertz CT molecular complexity index is 240. The van der Waals surface area contributed by atoms with Crippen molar-refractivity contribution in [3.05, 3.63) is 35.9 Å². The highest BCUT2D eigenvalue weighted by molar-refractivity contribution is 7.99. The minimum absolute atomic E-state index is 0.217. The number of thioether (sulfide) groups is 1. The summed E-state index contributed by atoms with van der Waals surface area (Å²) in [5, 5.41) is 9.34. The van der Waals surface area contributed by atoms with Crippen molar-refractivity contribution in [1.29, 1.82) is 0 Å². The summed E-state index contributed by atoms with van der Waals surface area (Å²) in [5.41, 5.74) is 6.75. The largest absolute Gasteiger partial charge is 0.395 e. The van der Waals surface area contributed by atoms with Gasteiger partial charge in [-0.25, -0.2) is 0 Å². The van der Waals surface area contributed by atoms with E-state index in [-0.39, 0.29) is 11.9 Å². The highest BCUT2D eigenvalue weighted by Gasteiger charge is 2.06. The van der Waals surface area contributed by atoms with Crippen LogP contribution in [0.4, 0.5) is 0 Å². The lowest BCUT2D eigenvalue weighted by molar-refractivity contribution is 0.291. The van der Waals surface area contributed by atoms with Gasteiger partial charge in [0.1, 0.15) is 0 Å². The van der Waals surface area contributed by atoms with E-state index < -0.39 is 0 Å². The molecule has 0 aliphatic rings. The molecular weight excluding hydrogens is 194 g/mol. The Morgan fingerprint density at radius 2 is 2.00 bits per heavy atom. The first-order valence-electron chi connectivity index (χ1n) is 4.83. The highest BCUT2D eigenvalue weighted by Crippen LogP contribution is 2.19. The van der Waals surface area contributed by atoms with Gasteiger partial charge >= 0.3 is 0 Å². The average molecular weight is 211 g/mol. The van der Waals surface area contributed by atoms with Crippen LogP contribution in [0.1, 0.15) is 12.0 Å². The molecule has 3 N–H and O–H groups in total. The molecule has 3 heteroatoms. The topological polar surface area (TPSA) is 46.2 Å². The normalized spacial score (nSPS) is 12.7. The second-order valence-electron chi connectivity index (χ2n) is 3.18. The van der Waals surface area contributed by atoms with E-state index in [1.165, 1.54) is 5.56 Å². The zero-order valence-electron chi connectivity index (χ0n) is 8.23. The van der Waals surface area contributed by atoms with Crippen LogP contribution in [0, 0.1) is 0 Å². The van der Waals surface area contributed by atoms with Gasteiger partial charge in [0.2, 0.25) is 0 Å². The van der Waals surface area contributed by atoms with Crippen molar-refractivity contribution in [3.8, 4) is 0 Å². The lowest BCUT2D eigenvalue weighted by atomic mass is 10.2. The molecule has 14 heavy (non-hydrogen) atoms. The molecule has 0 fully saturated rings. The van der Waals surface area contributed by atoms with Crippen molar-refractivity contribution in [3.63, 3.8) is 0 Å². The Balaban J connectivity index is 2.32. The van der Waals surface area contributed by atoms with E-state index in [9.17, 15) is 0 Å². The SMILES string of the molecule is NCC[C@H](CO)SCc1ccccc1. The Hall–Kier alpha value is -0.510. The molecule has 1 aromatic carbocycles. The lowest BCUT2D eigenvalue weighted by Gasteiger charge is -2.12. The Kier molecular flexibility index (Phi) is 5.68. The third-order valence-electron chi connectivity index (χ3n) is 2.02. The van der Waals surface area contributed by atoms with E-state index >= 15 is 0 Å². The van der Waals surface area contributed by atoms with E-state index in [2.05, 4.69) is 12.1 Å². The number of aliphatic hydroxyl groups is 1. The molecule has 2 nitrogen and oxygen atoms in total. The predicted octanol–water partition coefficient (Wildman–Crippen LogP) is 1.63. The standard InChI is InChI=1S/C11H17NOS/c12-7-6-11(8-13)14-9-10-4-2-1-3-5-10/h1-5,11,13H,6-9,12H2/t11-/m1/s1. The minimum Gasteiger partial charge on any atom is -0.395 e. The molecule has 1 aromatic rings. The molecule has 0 amide bonds. The molecule has 0 saturated carbocycles. The Morgan fingerprint density at radius 3 is 2.57 bits per heavy atom. The van der Waals surface area contributed by atoms with Gasteiger partial charge in [0, 0.05) is 11.0 Å². The van der Waals surface area contributed by atoms with Gasteiger partial charge in [-0.1, -0.05) is 30.3 Å². The summed E-state index contributed by atoms with van der Waals surface area (Å²) in [6.07, 6.45) is 0.883. The number of nitrogens with two attached hydrogens (primary N) is 1. The molecule has 1 rings (SSSR count). The second-order valence-corrected chi connectivity index (χ2v) is 4.47. The van der Waals surface area contributed by atoms with Gasteiger partial charge in [0.05, 0.1) is 6.61 Å². The molecule has 0 aromatic heterocycles. The summed E-state index contributed by atoms with van der Waals surface area (Å²) >= 11 is 1.77. The summed E-state index contributed by atoms with van der Waals surface area (Å²) in [6, 6.07) is 10.3. The summed E-state index contributed by atoms with van der Waals surface area (Å²) < 4.78 is 0. The average Bonchev–Trinajstić information content (AvgIpc) is 2.25. The van der Waals surface area contributed by atoms with Crippen LogP contribution < -0.4 is 5.73 Å². The van der Waals surface area contributed by atoms with Gasteiger partial charge in [-0.3, -0.25) is 0 Å². The lowest BCUT2D eigenvalue weighted by Crippen LogP contribution is -2.14. The number of aliphatic hydroxyl groups excluding tert-OH is 1. The maximum absolute atomic E-state index is 9.06. The molecule has 0 bridgehead atoms. The Labute approximate surface area is 89.5 Å². The van der Waals surface area contributed by atoms with Crippen LogP contribution in [0.25, 0.3) is 0 Å². The van der Waals surface area contributed by atoms with Crippen LogP contribution >= 0.6 is 11.8 Å². The van der Waals surface area contributed by atoms with Crippen molar-refractivity contribution < 1.29 is 5.11 Å². The van der Waals surface area contributed by atoms with Crippen LogP contribution in [0.2, 0.25) is 0 Å². The van der Waals surface area contributed by atoms with Gasteiger partial charge in [-0.05, 0) is 18.5 Å². The second kappa shape index (κ2) is 6.87. The van der Waals surface area contributed by atoms with E-state index in [4.69, 9.17) is 10.8 Å². The van der Waals surface area contributed by atoms with Crippen LogP contribution in [-0.4, -0.2) is 23.5 Å². The van der Waals surface area contributed by atoms with Crippen molar-refractivity contribution in [2.24, 2.45) is 5.73 Å². The first-order chi connectivity index (χ1) is 6.86. The number of hydrogen-bond donors (Lipinski definition) is 2. The maximum atomic E-state index is 9.06. The van der Waals surface area contributed by atoms with Gasteiger partial charge in [0.25, 0.3) is 0 Å². The summed E-state index contributed by atoms with van der Waals surface area (Å²) in [5.74, 6) is 0.950. The first kappa shape index (κ1) is 11.6. The molecule has 1 atom stereocenters. The first-order valence-corrected chi connectivity index (χ1v) is 5.88. The minimum atomic E-state index is 0.217. The molecular formula is C11H17NOS. The van der Waals surface area contributed by atoms with E-state index in [1.54, 1.807) is 11.8 Å². The molecule has 0 radical (unpaired) electrons. The summed E-state index contributed by atoms with van der Waals surface area (Å²) in [6.45, 7) is 0.863. The number of benzene rings is 1. The summed E-state index contributed by atoms with van der Waals surface area (Å²) in [4.78, 5) is 0. The zero-order chi connectivity index (χ0) is 10.2. The smallest absolute Gasteiger partial charge is 0.0550 e. The molecule has 78 valence electrons. The van der Waals surface area contributed by atoms with Gasteiger partial charge in [0.15, 0.2) is 0 Å². The quantitative estimate of drug-likeness (QED) is 0.752. The fourth-order valence-electron chi connectivity index (χ4n) is 1.20. The highest BCUT2D eigenvalue weighted by atomic mass is 32.2. The van der Waals surface area contributed by atoms with Crippen LogP contribution in [0.3, 0.4) is 0 Å². The van der Waals surface area contributed by atoms with Crippen molar-refractivity contribution >= 4 is 11.8 Å².